The van der Waals surface area contributed by atoms with Crippen molar-refractivity contribution in [2.24, 2.45) is 5.73 Å². The number of furan rings is 1. The third-order valence-electron chi connectivity index (χ3n) is 2.56. The highest BCUT2D eigenvalue weighted by Gasteiger charge is 2.16. The van der Waals surface area contributed by atoms with Crippen LogP contribution in [0.3, 0.4) is 0 Å². The molecular formula is C11H15N5O3S. The molecule has 2 rings (SSSR count). The second-order valence-electron chi connectivity index (χ2n) is 3.94. The summed E-state index contributed by atoms with van der Waals surface area (Å²) < 4.78 is 11.8. The Kier molecular flexibility index (Phi) is 4.74. The van der Waals surface area contributed by atoms with Gasteiger partial charge in [-0.25, -0.2) is 9.48 Å². The number of carbonyl (C=O) groups is 1. The van der Waals surface area contributed by atoms with Gasteiger partial charge in [-0.2, -0.15) is 0 Å². The summed E-state index contributed by atoms with van der Waals surface area (Å²) in [6.45, 7) is 2.74. The van der Waals surface area contributed by atoms with E-state index in [4.69, 9.17) is 10.2 Å². The standard InChI is InChI=1S/C11H15N5O3S/c1-7-9(10(17)18-2)5-8(19-7)6-20-11-13-14-15-16(11)4-3-12/h5H,3-4,6,12H2,1-2H3. The molecule has 0 saturated heterocycles. The number of ether oxygens (including phenoxy) is 1. The van der Waals surface area contributed by atoms with E-state index in [-0.39, 0.29) is 0 Å². The van der Waals surface area contributed by atoms with Crippen molar-refractivity contribution in [3.63, 3.8) is 0 Å². The van der Waals surface area contributed by atoms with Crippen LogP contribution in [0, 0.1) is 6.92 Å². The summed E-state index contributed by atoms with van der Waals surface area (Å²) in [5.74, 6) is 1.31. The number of nitrogens with two attached hydrogens (primary N) is 1. The Balaban J connectivity index is 2.04. The predicted molar refractivity (Wildman–Crippen MR) is 71.2 cm³/mol. The molecule has 20 heavy (non-hydrogen) atoms. The Hall–Kier alpha value is -1.87. The molecule has 0 fully saturated rings. The van der Waals surface area contributed by atoms with E-state index in [0.717, 1.165) is 0 Å². The van der Waals surface area contributed by atoms with Gasteiger partial charge in [0.15, 0.2) is 0 Å². The first kappa shape index (κ1) is 14.5. The smallest absolute Gasteiger partial charge is 0.341 e. The Morgan fingerprint density at radius 1 is 1.60 bits per heavy atom. The lowest BCUT2D eigenvalue weighted by Crippen LogP contribution is -2.12. The van der Waals surface area contributed by atoms with Crippen molar-refractivity contribution in [1.82, 2.24) is 20.2 Å². The molecule has 0 saturated carbocycles. The average molecular weight is 297 g/mol. The largest absolute Gasteiger partial charge is 0.465 e. The van der Waals surface area contributed by atoms with Crippen molar-refractivity contribution in [3.8, 4) is 0 Å². The van der Waals surface area contributed by atoms with Crippen LogP contribution < -0.4 is 5.73 Å². The Labute approximate surface area is 119 Å². The summed E-state index contributed by atoms with van der Waals surface area (Å²) in [4.78, 5) is 11.5. The van der Waals surface area contributed by atoms with Gasteiger partial charge in [-0.05, 0) is 23.4 Å². The van der Waals surface area contributed by atoms with Crippen LogP contribution in [0.2, 0.25) is 0 Å². The molecule has 9 heteroatoms. The van der Waals surface area contributed by atoms with Crippen LogP contribution in [0.4, 0.5) is 0 Å². The van der Waals surface area contributed by atoms with Crippen molar-refractivity contribution in [2.45, 2.75) is 24.4 Å². The molecule has 0 unspecified atom stereocenters. The molecule has 2 N–H and O–H groups in total. The van der Waals surface area contributed by atoms with Crippen molar-refractivity contribution < 1.29 is 13.9 Å². The van der Waals surface area contributed by atoms with Gasteiger partial charge in [0, 0.05) is 6.54 Å². The topological polar surface area (TPSA) is 109 Å². The van der Waals surface area contributed by atoms with Gasteiger partial charge in [0.1, 0.15) is 17.1 Å². The van der Waals surface area contributed by atoms with E-state index in [9.17, 15) is 4.79 Å². The molecular weight excluding hydrogens is 282 g/mol. The van der Waals surface area contributed by atoms with E-state index in [1.54, 1.807) is 17.7 Å². The van der Waals surface area contributed by atoms with Gasteiger partial charge in [-0.3, -0.25) is 0 Å². The fraction of sp³-hybridized carbons (Fsp3) is 0.455. The zero-order valence-electron chi connectivity index (χ0n) is 11.2. The Morgan fingerprint density at radius 3 is 3.10 bits per heavy atom. The molecule has 0 aliphatic heterocycles. The number of carbonyl (C=O) groups excluding carboxylic acids is 1. The third-order valence-corrected chi connectivity index (χ3v) is 3.54. The first-order valence-corrected chi connectivity index (χ1v) is 6.91. The maximum atomic E-state index is 11.5. The van der Waals surface area contributed by atoms with Crippen molar-refractivity contribution in [2.75, 3.05) is 13.7 Å². The van der Waals surface area contributed by atoms with Crippen LogP contribution in [0.1, 0.15) is 21.9 Å². The highest BCUT2D eigenvalue weighted by molar-refractivity contribution is 7.98. The molecule has 0 bridgehead atoms. The fourth-order valence-corrected chi connectivity index (χ4v) is 2.41. The van der Waals surface area contributed by atoms with E-state index in [0.29, 0.717) is 41.1 Å². The van der Waals surface area contributed by atoms with Gasteiger partial charge >= 0.3 is 5.97 Å². The summed E-state index contributed by atoms with van der Waals surface area (Å²) in [5, 5.41) is 12.0. The number of esters is 1. The van der Waals surface area contributed by atoms with E-state index in [1.807, 2.05) is 0 Å². The Bertz CT molecular complexity index is 595. The lowest BCUT2D eigenvalue weighted by Gasteiger charge is -2.00. The van der Waals surface area contributed by atoms with Gasteiger partial charge in [0.05, 0.1) is 19.4 Å². The molecule has 108 valence electrons. The summed E-state index contributed by atoms with van der Waals surface area (Å²) in [6, 6.07) is 1.67. The highest BCUT2D eigenvalue weighted by atomic mass is 32.2. The molecule has 0 atom stereocenters. The monoisotopic (exact) mass is 297 g/mol. The average Bonchev–Trinajstić information content (AvgIpc) is 3.03. The molecule has 8 nitrogen and oxygen atoms in total. The van der Waals surface area contributed by atoms with Crippen molar-refractivity contribution in [3.05, 3.63) is 23.2 Å². The third kappa shape index (κ3) is 3.17. The molecule has 0 aliphatic carbocycles. The lowest BCUT2D eigenvalue weighted by atomic mass is 10.2. The van der Waals surface area contributed by atoms with Crippen LogP contribution in [0.5, 0.6) is 0 Å². The molecule has 0 aromatic carbocycles. The second kappa shape index (κ2) is 6.53. The van der Waals surface area contributed by atoms with Gasteiger partial charge < -0.3 is 14.9 Å². The minimum atomic E-state index is -0.407. The van der Waals surface area contributed by atoms with Gasteiger partial charge in [0.2, 0.25) is 5.16 Å². The molecule has 2 aromatic rings. The van der Waals surface area contributed by atoms with Gasteiger partial charge in [-0.1, -0.05) is 11.8 Å². The molecule has 0 aliphatic rings. The summed E-state index contributed by atoms with van der Waals surface area (Å²) in [5.41, 5.74) is 5.91. The van der Waals surface area contributed by atoms with Gasteiger partial charge in [-0.15, -0.1) is 5.10 Å². The number of hydrogen-bond donors (Lipinski definition) is 1. The van der Waals surface area contributed by atoms with Gasteiger partial charge in [0.25, 0.3) is 0 Å². The van der Waals surface area contributed by atoms with Crippen LogP contribution in [-0.2, 0) is 17.0 Å². The number of hydrogen-bond acceptors (Lipinski definition) is 8. The fourth-order valence-electron chi connectivity index (χ4n) is 1.63. The first-order valence-electron chi connectivity index (χ1n) is 5.92. The zero-order valence-corrected chi connectivity index (χ0v) is 12.0. The summed E-state index contributed by atoms with van der Waals surface area (Å²) in [6.07, 6.45) is 0. The molecule has 0 radical (unpaired) electrons. The normalized spacial score (nSPS) is 10.8. The number of thioether (sulfide) groups is 1. The number of rotatable bonds is 6. The van der Waals surface area contributed by atoms with Crippen molar-refractivity contribution in [1.29, 1.82) is 0 Å². The summed E-state index contributed by atoms with van der Waals surface area (Å²) >= 11 is 1.41. The zero-order chi connectivity index (χ0) is 14.5. The maximum absolute atomic E-state index is 11.5. The van der Waals surface area contributed by atoms with E-state index >= 15 is 0 Å². The van der Waals surface area contributed by atoms with E-state index < -0.39 is 5.97 Å². The van der Waals surface area contributed by atoms with Crippen LogP contribution in [0.15, 0.2) is 15.6 Å². The summed E-state index contributed by atoms with van der Waals surface area (Å²) in [7, 11) is 1.34. The van der Waals surface area contributed by atoms with E-state index in [1.165, 1.54) is 18.9 Å². The highest BCUT2D eigenvalue weighted by Crippen LogP contribution is 2.23. The quantitative estimate of drug-likeness (QED) is 0.610. The Morgan fingerprint density at radius 2 is 2.40 bits per heavy atom. The predicted octanol–water partition coefficient (Wildman–Crippen LogP) is 0.612. The second-order valence-corrected chi connectivity index (χ2v) is 4.88. The maximum Gasteiger partial charge on any atom is 0.341 e. The van der Waals surface area contributed by atoms with Crippen molar-refractivity contribution >= 4 is 17.7 Å². The van der Waals surface area contributed by atoms with Crippen LogP contribution in [0.25, 0.3) is 0 Å². The number of aromatic nitrogens is 4. The molecule has 0 amide bonds. The minimum absolute atomic E-state index is 0.407. The lowest BCUT2D eigenvalue weighted by molar-refractivity contribution is 0.0599. The number of aryl methyl sites for hydroxylation is 1. The van der Waals surface area contributed by atoms with Crippen LogP contribution >= 0.6 is 11.8 Å². The SMILES string of the molecule is COC(=O)c1cc(CSc2nnnn2CCN)oc1C. The van der Waals surface area contributed by atoms with Crippen LogP contribution in [-0.4, -0.2) is 39.8 Å². The number of nitrogens with zero attached hydrogens (tertiary/aromatic N) is 4. The molecule has 0 spiro atoms. The number of tetrazole rings is 1. The minimum Gasteiger partial charge on any atom is -0.465 e. The number of methoxy groups -OCH3 is 1. The molecule has 2 heterocycles. The van der Waals surface area contributed by atoms with E-state index in [2.05, 4.69) is 20.3 Å². The first-order chi connectivity index (χ1) is 9.65. The molecule has 2 aromatic heterocycles.